The number of hydrogen-bond acceptors (Lipinski definition) is 6. The van der Waals surface area contributed by atoms with Gasteiger partial charge in [0.25, 0.3) is 0 Å². The molecule has 0 fully saturated rings. The third-order valence-corrected chi connectivity index (χ3v) is 4.80. The number of thiazole rings is 1. The van der Waals surface area contributed by atoms with Crippen molar-refractivity contribution in [2.24, 2.45) is 0 Å². The average Bonchev–Trinajstić information content (AvgIpc) is 3.20. The summed E-state index contributed by atoms with van der Waals surface area (Å²) in [5, 5.41) is 2.93. The summed E-state index contributed by atoms with van der Waals surface area (Å²) in [6.45, 7) is 0. The lowest BCUT2D eigenvalue weighted by Crippen LogP contribution is -1.90. The number of benzene rings is 2. The van der Waals surface area contributed by atoms with Crippen molar-refractivity contribution in [2.75, 3.05) is 28.4 Å². The Morgan fingerprint density at radius 2 is 1.48 bits per heavy atom. The second kappa shape index (κ2) is 8.60. The highest BCUT2D eigenvalue weighted by Crippen LogP contribution is 2.33. The van der Waals surface area contributed by atoms with E-state index in [1.54, 1.807) is 39.8 Å². The molecule has 0 unspecified atom stereocenters. The monoisotopic (exact) mass is 383 g/mol. The summed E-state index contributed by atoms with van der Waals surface area (Å²) in [7, 11) is 6.52. The van der Waals surface area contributed by atoms with Crippen molar-refractivity contribution in [3.8, 4) is 34.3 Å². The second-order valence-electron chi connectivity index (χ2n) is 5.62. The molecule has 5 nitrogen and oxygen atoms in total. The molecule has 0 bridgehead atoms. The summed E-state index contributed by atoms with van der Waals surface area (Å²) in [6.07, 6.45) is 3.96. The Balaban J connectivity index is 1.83. The van der Waals surface area contributed by atoms with Gasteiger partial charge in [-0.1, -0.05) is 6.08 Å². The fourth-order valence-electron chi connectivity index (χ4n) is 2.59. The molecule has 0 aliphatic heterocycles. The van der Waals surface area contributed by atoms with E-state index in [2.05, 4.69) is 4.98 Å². The SMILES string of the molecule is COc1cc(/C=C/c2nc(-c3ccc(OC)c(OC)c3)cs2)cc(OC)c1. The highest BCUT2D eigenvalue weighted by molar-refractivity contribution is 7.10. The molecule has 1 heterocycles. The van der Waals surface area contributed by atoms with Crippen molar-refractivity contribution in [3.63, 3.8) is 0 Å². The molecule has 140 valence electrons. The van der Waals surface area contributed by atoms with Crippen LogP contribution in [0.3, 0.4) is 0 Å². The number of ether oxygens (including phenoxy) is 4. The van der Waals surface area contributed by atoms with E-state index >= 15 is 0 Å². The largest absolute Gasteiger partial charge is 0.497 e. The van der Waals surface area contributed by atoms with E-state index < -0.39 is 0 Å². The first-order valence-electron chi connectivity index (χ1n) is 8.26. The molecule has 0 spiro atoms. The minimum Gasteiger partial charge on any atom is -0.497 e. The third-order valence-electron chi connectivity index (χ3n) is 3.99. The van der Waals surface area contributed by atoms with Crippen LogP contribution in [-0.2, 0) is 0 Å². The molecule has 0 atom stereocenters. The van der Waals surface area contributed by atoms with Crippen LogP contribution >= 0.6 is 11.3 Å². The molecule has 3 aromatic rings. The average molecular weight is 383 g/mol. The highest BCUT2D eigenvalue weighted by atomic mass is 32.1. The van der Waals surface area contributed by atoms with E-state index in [1.807, 2.05) is 53.9 Å². The molecular weight excluding hydrogens is 362 g/mol. The Hall–Kier alpha value is -2.99. The van der Waals surface area contributed by atoms with Gasteiger partial charge in [0.15, 0.2) is 11.5 Å². The summed E-state index contributed by atoms with van der Waals surface area (Å²) in [6, 6.07) is 11.5. The van der Waals surface area contributed by atoms with Crippen molar-refractivity contribution >= 4 is 23.5 Å². The molecule has 1 aromatic heterocycles. The van der Waals surface area contributed by atoms with E-state index in [4.69, 9.17) is 18.9 Å². The maximum atomic E-state index is 5.37. The Bertz CT molecular complexity index is 927. The van der Waals surface area contributed by atoms with Crippen LogP contribution in [0.2, 0.25) is 0 Å². The lowest BCUT2D eigenvalue weighted by molar-refractivity contribution is 0.355. The first-order valence-corrected chi connectivity index (χ1v) is 9.14. The molecule has 0 N–H and O–H groups in total. The maximum Gasteiger partial charge on any atom is 0.161 e. The number of rotatable bonds is 7. The Morgan fingerprint density at radius 3 is 2.11 bits per heavy atom. The van der Waals surface area contributed by atoms with Crippen molar-refractivity contribution in [1.29, 1.82) is 0 Å². The molecule has 0 aliphatic carbocycles. The van der Waals surface area contributed by atoms with Gasteiger partial charge in [0.2, 0.25) is 0 Å². The Morgan fingerprint density at radius 1 is 0.778 bits per heavy atom. The number of methoxy groups -OCH3 is 4. The van der Waals surface area contributed by atoms with E-state index in [1.165, 1.54) is 0 Å². The standard InChI is InChI=1S/C21H21NO4S/c1-23-16-9-14(10-17(12-16)24-2)5-8-21-22-18(13-27-21)15-6-7-19(25-3)20(11-15)26-4/h5-13H,1-4H3/b8-5+. The Kier molecular flexibility index (Phi) is 5.98. The molecular formula is C21H21NO4S. The molecule has 27 heavy (non-hydrogen) atoms. The van der Waals surface area contributed by atoms with Crippen LogP contribution < -0.4 is 18.9 Å². The normalized spacial score (nSPS) is 10.8. The van der Waals surface area contributed by atoms with Crippen LogP contribution in [0.1, 0.15) is 10.6 Å². The quantitative estimate of drug-likeness (QED) is 0.574. The third kappa shape index (κ3) is 4.41. The topological polar surface area (TPSA) is 49.8 Å². The van der Waals surface area contributed by atoms with E-state index in [0.29, 0.717) is 11.5 Å². The predicted octanol–water partition coefficient (Wildman–Crippen LogP) is 5.01. The number of aromatic nitrogens is 1. The van der Waals surface area contributed by atoms with Gasteiger partial charge in [-0.05, 0) is 42.0 Å². The molecule has 0 saturated carbocycles. The van der Waals surface area contributed by atoms with Crippen LogP contribution in [0.5, 0.6) is 23.0 Å². The lowest BCUT2D eigenvalue weighted by Gasteiger charge is -2.08. The second-order valence-corrected chi connectivity index (χ2v) is 6.51. The van der Waals surface area contributed by atoms with Gasteiger partial charge in [0.1, 0.15) is 16.5 Å². The molecule has 6 heteroatoms. The van der Waals surface area contributed by atoms with Gasteiger partial charge in [-0.2, -0.15) is 0 Å². The van der Waals surface area contributed by atoms with Gasteiger partial charge in [0, 0.05) is 17.0 Å². The van der Waals surface area contributed by atoms with Crippen LogP contribution in [0.25, 0.3) is 23.4 Å². The van der Waals surface area contributed by atoms with Crippen molar-refractivity contribution in [3.05, 3.63) is 52.3 Å². The van der Waals surface area contributed by atoms with Crippen LogP contribution in [0.4, 0.5) is 0 Å². The summed E-state index contributed by atoms with van der Waals surface area (Å²) >= 11 is 1.57. The zero-order valence-corrected chi connectivity index (χ0v) is 16.5. The summed E-state index contributed by atoms with van der Waals surface area (Å²) < 4.78 is 21.3. The van der Waals surface area contributed by atoms with Crippen LogP contribution in [-0.4, -0.2) is 33.4 Å². The van der Waals surface area contributed by atoms with Gasteiger partial charge in [-0.15, -0.1) is 11.3 Å². The van der Waals surface area contributed by atoms with Crippen molar-refractivity contribution < 1.29 is 18.9 Å². The zero-order valence-electron chi connectivity index (χ0n) is 15.7. The minimum absolute atomic E-state index is 0.684. The first-order chi connectivity index (χ1) is 13.2. The van der Waals surface area contributed by atoms with Gasteiger partial charge >= 0.3 is 0 Å². The van der Waals surface area contributed by atoms with Gasteiger partial charge < -0.3 is 18.9 Å². The van der Waals surface area contributed by atoms with E-state index in [9.17, 15) is 0 Å². The van der Waals surface area contributed by atoms with Gasteiger partial charge in [-0.25, -0.2) is 4.98 Å². The van der Waals surface area contributed by atoms with Gasteiger partial charge in [0.05, 0.1) is 34.1 Å². The highest BCUT2D eigenvalue weighted by Gasteiger charge is 2.08. The molecule has 0 saturated heterocycles. The minimum atomic E-state index is 0.684. The molecule has 0 radical (unpaired) electrons. The van der Waals surface area contributed by atoms with Gasteiger partial charge in [-0.3, -0.25) is 0 Å². The molecule has 0 aliphatic rings. The smallest absolute Gasteiger partial charge is 0.161 e. The maximum absolute atomic E-state index is 5.37. The van der Waals surface area contributed by atoms with E-state index in [-0.39, 0.29) is 0 Å². The molecule has 0 amide bonds. The number of nitrogens with zero attached hydrogens (tertiary/aromatic N) is 1. The fourth-order valence-corrected chi connectivity index (χ4v) is 3.30. The number of hydrogen-bond donors (Lipinski definition) is 0. The van der Waals surface area contributed by atoms with Crippen LogP contribution in [0.15, 0.2) is 41.8 Å². The fraction of sp³-hybridized carbons (Fsp3) is 0.190. The summed E-state index contributed by atoms with van der Waals surface area (Å²) in [5.74, 6) is 2.88. The molecule has 3 rings (SSSR count). The van der Waals surface area contributed by atoms with Crippen molar-refractivity contribution in [2.45, 2.75) is 0 Å². The summed E-state index contributed by atoms with van der Waals surface area (Å²) in [4.78, 5) is 4.68. The first kappa shape index (κ1) is 18.8. The van der Waals surface area contributed by atoms with Crippen LogP contribution in [0, 0.1) is 0 Å². The van der Waals surface area contributed by atoms with E-state index in [0.717, 1.165) is 33.3 Å². The Labute approximate surface area is 162 Å². The molecule has 2 aromatic carbocycles. The summed E-state index contributed by atoms with van der Waals surface area (Å²) in [5.41, 5.74) is 2.85. The predicted molar refractivity (Wildman–Crippen MR) is 109 cm³/mol. The van der Waals surface area contributed by atoms with Crippen molar-refractivity contribution in [1.82, 2.24) is 4.98 Å². The lowest BCUT2D eigenvalue weighted by atomic mass is 10.1. The zero-order chi connectivity index (χ0) is 19.2.